The number of rotatable bonds is 5. The Morgan fingerprint density at radius 2 is 1.95 bits per heavy atom. The molecule has 3 unspecified atom stereocenters. The van der Waals surface area contributed by atoms with Crippen molar-refractivity contribution in [2.24, 2.45) is 0 Å². The van der Waals surface area contributed by atoms with E-state index in [0.29, 0.717) is 6.10 Å². The van der Waals surface area contributed by atoms with Gasteiger partial charge in [0.25, 0.3) is 0 Å². The zero-order chi connectivity index (χ0) is 13.9. The smallest absolute Gasteiger partial charge is 0.0829 e. The van der Waals surface area contributed by atoms with E-state index in [2.05, 4.69) is 29.0 Å². The Labute approximate surface area is 123 Å². The molecule has 3 fully saturated rings. The average molecular weight is 281 g/mol. The molecule has 0 aliphatic carbocycles. The maximum Gasteiger partial charge on any atom is 0.0829 e. The molecular formula is C16H31N3O. The highest BCUT2D eigenvalue weighted by atomic mass is 16.5. The van der Waals surface area contributed by atoms with Crippen molar-refractivity contribution in [3.63, 3.8) is 0 Å². The van der Waals surface area contributed by atoms with Crippen LogP contribution in [0.25, 0.3) is 0 Å². The monoisotopic (exact) mass is 281 g/mol. The van der Waals surface area contributed by atoms with E-state index in [4.69, 9.17) is 4.74 Å². The van der Waals surface area contributed by atoms with E-state index in [9.17, 15) is 0 Å². The van der Waals surface area contributed by atoms with E-state index < -0.39 is 0 Å². The molecule has 1 N–H and O–H groups in total. The van der Waals surface area contributed by atoms with E-state index in [1.165, 1.54) is 25.7 Å². The van der Waals surface area contributed by atoms with Crippen molar-refractivity contribution < 1.29 is 4.74 Å². The van der Waals surface area contributed by atoms with Crippen molar-refractivity contribution in [1.82, 2.24) is 15.1 Å². The molecule has 0 aromatic carbocycles. The molecule has 3 saturated heterocycles. The van der Waals surface area contributed by atoms with E-state index in [1.54, 1.807) is 0 Å². The van der Waals surface area contributed by atoms with Crippen LogP contribution < -0.4 is 5.32 Å². The van der Waals surface area contributed by atoms with E-state index in [1.807, 2.05) is 0 Å². The normalized spacial score (nSPS) is 38.5. The Balaban J connectivity index is 1.54. The molecule has 0 radical (unpaired) electrons. The second kappa shape index (κ2) is 6.73. The molecule has 2 bridgehead atoms. The Morgan fingerprint density at radius 1 is 1.20 bits per heavy atom. The summed E-state index contributed by atoms with van der Waals surface area (Å²) in [4.78, 5) is 5.21. The van der Waals surface area contributed by atoms with Crippen LogP contribution in [0.1, 0.15) is 39.5 Å². The van der Waals surface area contributed by atoms with Gasteiger partial charge in [0.2, 0.25) is 0 Å². The van der Waals surface area contributed by atoms with Gasteiger partial charge in [-0.2, -0.15) is 0 Å². The predicted octanol–water partition coefficient (Wildman–Crippen LogP) is 1.31. The number of fused-ring (bicyclic) bond motifs is 2. The molecule has 3 aliphatic rings. The molecule has 0 saturated carbocycles. The van der Waals surface area contributed by atoms with Gasteiger partial charge in [-0.3, -0.25) is 9.80 Å². The van der Waals surface area contributed by atoms with Gasteiger partial charge in [0.1, 0.15) is 0 Å². The zero-order valence-electron chi connectivity index (χ0n) is 13.2. The first-order valence-corrected chi connectivity index (χ1v) is 8.62. The molecule has 3 atom stereocenters. The Hall–Kier alpha value is -0.160. The summed E-state index contributed by atoms with van der Waals surface area (Å²) in [5.41, 5.74) is 0. The zero-order valence-corrected chi connectivity index (χ0v) is 13.2. The molecule has 0 amide bonds. The Kier molecular flexibility index (Phi) is 4.97. The number of nitrogens with zero attached hydrogens (tertiary/aromatic N) is 2. The average Bonchev–Trinajstić information content (AvgIpc) is 2.83. The largest absolute Gasteiger partial charge is 0.374 e. The van der Waals surface area contributed by atoms with Crippen molar-refractivity contribution in [3.8, 4) is 0 Å². The van der Waals surface area contributed by atoms with Crippen LogP contribution >= 0.6 is 0 Å². The number of morpholine rings is 1. The van der Waals surface area contributed by atoms with Gasteiger partial charge in [0.15, 0.2) is 0 Å². The first-order valence-electron chi connectivity index (χ1n) is 8.62. The van der Waals surface area contributed by atoms with Crippen LogP contribution in [0.5, 0.6) is 0 Å². The van der Waals surface area contributed by atoms with Gasteiger partial charge in [-0.1, -0.05) is 13.8 Å². The van der Waals surface area contributed by atoms with E-state index >= 15 is 0 Å². The van der Waals surface area contributed by atoms with Crippen LogP contribution in [0, 0.1) is 0 Å². The summed E-state index contributed by atoms with van der Waals surface area (Å²) in [6, 6.07) is 2.35. The fourth-order valence-electron chi connectivity index (χ4n) is 4.30. The molecular weight excluding hydrogens is 250 g/mol. The lowest BCUT2D eigenvalue weighted by Gasteiger charge is -2.41. The Morgan fingerprint density at radius 3 is 2.60 bits per heavy atom. The summed E-state index contributed by atoms with van der Waals surface area (Å²) in [5, 5.41) is 3.75. The highest BCUT2D eigenvalue weighted by Gasteiger charge is 2.36. The van der Waals surface area contributed by atoms with Gasteiger partial charge in [0, 0.05) is 37.8 Å². The maximum absolute atomic E-state index is 6.00. The summed E-state index contributed by atoms with van der Waals surface area (Å²) < 4.78 is 6.00. The Bertz CT molecular complexity index is 300. The topological polar surface area (TPSA) is 27.7 Å². The van der Waals surface area contributed by atoms with Gasteiger partial charge in [-0.25, -0.2) is 0 Å². The summed E-state index contributed by atoms with van der Waals surface area (Å²) in [7, 11) is 0. The standard InChI is InChI=1S/C16H31N3O/c1-3-18-7-8-20-16(11-18)12-19(4-2)15-9-13-5-6-14(10-15)17-13/h13-17H,3-12H2,1-2H3. The minimum absolute atomic E-state index is 0.413. The molecule has 0 aromatic rings. The van der Waals surface area contributed by atoms with Gasteiger partial charge in [-0.15, -0.1) is 0 Å². The number of ether oxygens (including phenoxy) is 1. The lowest BCUT2D eigenvalue weighted by atomic mass is 9.97. The SMILES string of the molecule is CCN1CCOC(CN(CC)C2CC3CCC(C2)N3)C1. The van der Waals surface area contributed by atoms with Crippen molar-refractivity contribution in [1.29, 1.82) is 0 Å². The summed E-state index contributed by atoms with van der Waals surface area (Å²) in [6.45, 7) is 11.1. The van der Waals surface area contributed by atoms with Crippen LogP contribution in [0.4, 0.5) is 0 Å². The third-order valence-corrected chi connectivity index (χ3v) is 5.48. The fraction of sp³-hybridized carbons (Fsp3) is 1.00. The van der Waals surface area contributed by atoms with Crippen molar-refractivity contribution >= 4 is 0 Å². The van der Waals surface area contributed by atoms with Crippen LogP contribution in [0.2, 0.25) is 0 Å². The number of hydrogen-bond donors (Lipinski definition) is 1. The van der Waals surface area contributed by atoms with E-state index in [-0.39, 0.29) is 0 Å². The highest BCUT2D eigenvalue weighted by molar-refractivity contribution is 4.96. The quantitative estimate of drug-likeness (QED) is 0.822. The minimum atomic E-state index is 0.413. The molecule has 4 heteroatoms. The maximum atomic E-state index is 6.00. The molecule has 3 aliphatic heterocycles. The summed E-state index contributed by atoms with van der Waals surface area (Å²) >= 11 is 0. The van der Waals surface area contributed by atoms with Crippen molar-refractivity contribution in [2.45, 2.75) is 63.8 Å². The second-order valence-electron chi connectivity index (χ2n) is 6.74. The van der Waals surface area contributed by atoms with Gasteiger partial charge < -0.3 is 10.1 Å². The number of hydrogen-bond acceptors (Lipinski definition) is 4. The summed E-state index contributed by atoms with van der Waals surface area (Å²) in [5.74, 6) is 0. The van der Waals surface area contributed by atoms with Crippen molar-refractivity contribution in [3.05, 3.63) is 0 Å². The molecule has 4 nitrogen and oxygen atoms in total. The molecule has 0 aromatic heterocycles. The molecule has 0 spiro atoms. The lowest BCUT2D eigenvalue weighted by molar-refractivity contribution is -0.0491. The first kappa shape index (κ1) is 14.8. The minimum Gasteiger partial charge on any atom is -0.374 e. The van der Waals surface area contributed by atoms with Crippen LogP contribution in [-0.4, -0.2) is 73.4 Å². The predicted molar refractivity (Wildman–Crippen MR) is 82.1 cm³/mol. The fourth-order valence-corrected chi connectivity index (χ4v) is 4.30. The number of nitrogens with one attached hydrogen (secondary N) is 1. The third-order valence-electron chi connectivity index (χ3n) is 5.48. The number of piperidine rings is 1. The molecule has 3 rings (SSSR count). The van der Waals surface area contributed by atoms with Crippen LogP contribution in [0.15, 0.2) is 0 Å². The first-order chi connectivity index (χ1) is 9.78. The van der Waals surface area contributed by atoms with Crippen LogP contribution in [0.3, 0.4) is 0 Å². The van der Waals surface area contributed by atoms with Gasteiger partial charge in [0.05, 0.1) is 12.7 Å². The van der Waals surface area contributed by atoms with Crippen molar-refractivity contribution in [2.75, 3.05) is 39.3 Å². The molecule has 3 heterocycles. The summed E-state index contributed by atoms with van der Waals surface area (Å²) in [6.07, 6.45) is 5.88. The number of likely N-dealkylation sites (N-methyl/N-ethyl adjacent to an activating group) is 2. The van der Waals surface area contributed by atoms with Gasteiger partial charge >= 0.3 is 0 Å². The van der Waals surface area contributed by atoms with E-state index in [0.717, 1.165) is 57.5 Å². The van der Waals surface area contributed by atoms with Crippen LogP contribution in [-0.2, 0) is 4.74 Å². The third kappa shape index (κ3) is 3.35. The van der Waals surface area contributed by atoms with Gasteiger partial charge in [-0.05, 0) is 38.8 Å². The molecule has 20 heavy (non-hydrogen) atoms. The second-order valence-corrected chi connectivity index (χ2v) is 6.74. The lowest BCUT2D eigenvalue weighted by Crippen LogP contribution is -2.53. The molecule has 116 valence electrons. The highest BCUT2D eigenvalue weighted by Crippen LogP contribution is 2.30.